The van der Waals surface area contributed by atoms with Crippen LogP contribution >= 0.6 is 11.3 Å². The molecule has 0 saturated heterocycles. The van der Waals surface area contributed by atoms with E-state index in [9.17, 15) is 10.1 Å². The van der Waals surface area contributed by atoms with Crippen LogP contribution < -0.4 is 10.6 Å². The average molecular weight is 443 g/mol. The number of nitrogens with one attached hydrogen (secondary N) is 2. The molecule has 2 aromatic carbocycles. The Hall–Kier alpha value is -4.18. The summed E-state index contributed by atoms with van der Waals surface area (Å²) in [4.78, 5) is 28.7. The van der Waals surface area contributed by atoms with Gasteiger partial charge < -0.3 is 10.6 Å². The van der Waals surface area contributed by atoms with E-state index in [0.717, 1.165) is 32.4 Å². The Bertz CT molecular complexity index is 1500. The topological polar surface area (TPSA) is 119 Å². The van der Waals surface area contributed by atoms with Crippen LogP contribution in [-0.2, 0) is 0 Å². The molecule has 0 spiro atoms. The van der Waals surface area contributed by atoms with E-state index in [1.807, 2.05) is 62.4 Å². The summed E-state index contributed by atoms with van der Waals surface area (Å²) >= 11 is 1.41. The zero-order valence-corrected chi connectivity index (χ0v) is 18.0. The van der Waals surface area contributed by atoms with Crippen LogP contribution in [0, 0.1) is 24.0 Å². The summed E-state index contributed by atoms with van der Waals surface area (Å²) in [7, 11) is 0. The van der Waals surface area contributed by atoms with E-state index in [1.54, 1.807) is 0 Å². The van der Waals surface area contributed by atoms with Gasteiger partial charge in [0.05, 0.1) is 20.7 Å². The van der Waals surface area contributed by atoms with E-state index in [0.29, 0.717) is 10.8 Å². The van der Waals surface area contributed by atoms with Gasteiger partial charge in [-0.05, 0) is 55.8 Å². The summed E-state index contributed by atoms with van der Waals surface area (Å²) in [6, 6.07) is 15.3. The monoisotopic (exact) mass is 443 g/mol. The van der Waals surface area contributed by atoms with E-state index < -0.39 is 4.92 Å². The van der Waals surface area contributed by atoms with Crippen LogP contribution in [-0.4, -0.2) is 24.9 Å². The molecule has 3 aromatic heterocycles. The minimum absolute atomic E-state index is 0.0671. The summed E-state index contributed by atoms with van der Waals surface area (Å²) in [5.41, 5.74) is 4.01. The van der Waals surface area contributed by atoms with Crippen molar-refractivity contribution in [1.29, 1.82) is 0 Å². The lowest BCUT2D eigenvalue weighted by Crippen LogP contribution is -2.05. The fourth-order valence-electron chi connectivity index (χ4n) is 3.41. The number of benzene rings is 2. The third kappa shape index (κ3) is 3.67. The second-order valence-corrected chi connectivity index (χ2v) is 8.27. The lowest BCUT2D eigenvalue weighted by atomic mass is 10.1. The number of anilines is 4. The molecule has 5 aromatic rings. The molecule has 0 fully saturated rings. The minimum Gasteiger partial charge on any atom is -0.334 e. The second-order valence-electron chi connectivity index (χ2n) is 7.24. The molecule has 0 atom stereocenters. The predicted octanol–water partition coefficient (Wildman–Crippen LogP) is 5.65. The predicted molar refractivity (Wildman–Crippen MR) is 126 cm³/mol. The molecule has 0 amide bonds. The maximum absolute atomic E-state index is 12.0. The number of fused-ring (bicyclic) bond motifs is 2. The molecule has 0 bridgehead atoms. The molecule has 0 aliphatic rings. The molecule has 0 unspecified atom stereocenters. The van der Waals surface area contributed by atoms with Crippen LogP contribution in [0.15, 0.2) is 54.9 Å². The van der Waals surface area contributed by atoms with E-state index in [-0.39, 0.29) is 17.3 Å². The van der Waals surface area contributed by atoms with Crippen LogP contribution in [0.5, 0.6) is 0 Å². The Morgan fingerprint density at radius 2 is 1.75 bits per heavy atom. The Balaban J connectivity index is 1.54. The summed E-state index contributed by atoms with van der Waals surface area (Å²) in [5, 5.41) is 19.4. The number of aromatic nitrogens is 4. The molecular formula is C22H17N7O2S. The summed E-state index contributed by atoms with van der Waals surface area (Å²) in [6.45, 7) is 3.92. The SMILES string of the molecule is Cc1ccc2nc(Nc3ncnc(Nc4cccc5nc(C)ccc45)c3[N+](=O)[O-])sc2c1. The van der Waals surface area contributed by atoms with Crippen LogP contribution in [0.3, 0.4) is 0 Å². The molecule has 158 valence electrons. The van der Waals surface area contributed by atoms with Crippen molar-refractivity contribution in [1.82, 2.24) is 19.9 Å². The number of rotatable bonds is 5. The van der Waals surface area contributed by atoms with Crippen molar-refractivity contribution in [2.75, 3.05) is 10.6 Å². The molecule has 0 saturated carbocycles. The quantitative estimate of drug-likeness (QED) is 0.264. The van der Waals surface area contributed by atoms with Crippen LogP contribution in [0.2, 0.25) is 0 Å². The highest BCUT2D eigenvalue weighted by Crippen LogP contribution is 2.36. The number of pyridine rings is 1. The van der Waals surface area contributed by atoms with Gasteiger partial charge in [-0.1, -0.05) is 23.5 Å². The van der Waals surface area contributed by atoms with Crippen LogP contribution in [0.4, 0.5) is 28.1 Å². The molecule has 32 heavy (non-hydrogen) atoms. The fraction of sp³-hybridized carbons (Fsp3) is 0.0909. The van der Waals surface area contributed by atoms with Gasteiger partial charge in [0.2, 0.25) is 11.6 Å². The zero-order chi connectivity index (χ0) is 22.2. The van der Waals surface area contributed by atoms with Crippen molar-refractivity contribution in [3.8, 4) is 0 Å². The minimum atomic E-state index is -0.504. The fourth-order valence-corrected chi connectivity index (χ4v) is 4.38. The highest BCUT2D eigenvalue weighted by Gasteiger charge is 2.24. The third-order valence-electron chi connectivity index (χ3n) is 4.90. The van der Waals surface area contributed by atoms with Gasteiger partial charge in [0, 0.05) is 16.8 Å². The molecule has 3 heterocycles. The molecule has 0 radical (unpaired) electrons. The van der Waals surface area contributed by atoms with Crippen molar-refractivity contribution >= 4 is 60.6 Å². The zero-order valence-electron chi connectivity index (χ0n) is 17.2. The number of aryl methyl sites for hydroxylation is 2. The molecule has 2 N–H and O–H groups in total. The summed E-state index contributed by atoms with van der Waals surface area (Å²) < 4.78 is 0.987. The van der Waals surface area contributed by atoms with Crippen molar-refractivity contribution in [2.24, 2.45) is 0 Å². The van der Waals surface area contributed by atoms with Crippen molar-refractivity contribution in [3.05, 3.63) is 76.2 Å². The number of nitro groups is 1. The maximum atomic E-state index is 12.0. The Labute approximate surface area is 186 Å². The van der Waals surface area contributed by atoms with Crippen LogP contribution in [0.25, 0.3) is 21.1 Å². The molecule has 9 nitrogen and oxygen atoms in total. The van der Waals surface area contributed by atoms with E-state index in [1.165, 1.54) is 17.7 Å². The maximum Gasteiger partial charge on any atom is 0.353 e. The van der Waals surface area contributed by atoms with E-state index in [2.05, 4.69) is 30.6 Å². The lowest BCUT2D eigenvalue weighted by molar-refractivity contribution is -0.383. The van der Waals surface area contributed by atoms with Crippen LogP contribution in [0.1, 0.15) is 11.3 Å². The first-order valence-electron chi connectivity index (χ1n) is 9.75. The van der Waals surface area contributed by atoms with Gasteiger partial charge >= 0.3 is 5.69 Å². The number of hydrogen-bond acceptors (Lipinski definition) is 9. The smallest absolute Gasteiger partial charge is 0.334 e. The van der Waals surface area contributed by atoms with Gasteiger partial charge in [0.15, 0.2) is 5.13 Å². The second kappa shape index (κ2) is 7.82. The highest BCUT2D eigenvalue weighted by atomic mass is 32.1. The molecule has 0 aliphatic heterocycles. The Kier molecular flexibility index (Phi) is 4.83. The Morgan fingerprint density at radius 3 is 2.56 bits per heavy atom. The average Bonchev–Trinajstić information content (AvgIpc) is 3.15. The normalized spacial score (nSPS) is 11.1. The standard InChI is InChI=1S/C22H17N7O2S/c1-12-6-9-17-18(10-12)32-22(27-17)28-21-19(29(30)31)20(23-11-24-21)26-16-5-3-4-15-14(16)8-7-13(2)25-15/h3-11H,1-2H3,(H2,23,24,26,27,28). The van der Waals surface area contributed by atoms with E-state index >= 15 is 0 Å². The first-order chi connectivity index (χ1) is 15.5. The molecule has 0 aliphatic carbocycles. The summed E-state index contributed by atoms with van der Waals surface area (Å²) in [5.74, 6) is 0.148. The van der Waals surface area contributed by atoms with Crippen molar-refractivity contribution < 1.29 is 4.92 Å². The molecular weight excluding hydrogens is 426 g/mol. The van der Waals surface area contributed by atoms with Crippen molar-refractivity contribution in [2.45, 2.75) is 13.8 Å². The van der Waals surface area contributed by atoms with Gasteiger partial charge in [0.25, 0.3) is 0 Å². The first kappa shape index (κ1) is 19.8. The van der Waals surface area contributed by atoms with Gasteiger partial charge in [0.1, 0.15) is 6.33 Å². The lowest BCUT2D eigenvalue weighted by Gasteiger charge is -2.11. The number of thiazole rings is 1. The third-order valence-corrected chi connectivity index (χ3v) is 5.83. The Morgan fingerprint density at radius 1 is 0.938 bits per heavy atom. The van der Waals surface area contributed by atoms with Gasteiger partial charge in [-0.3, -0.25) is 15.1 Å². The number of nitrogens with zero attached hydrogens (tertiary/aromatic N) is 5. The number of hydrogen-bond donors (Lipinski definition) is 2. The summed E-state index contributed by atoms with van der Waals surface area (Å²) in [6.07, 6.45) is 1.28. The van der Waals surface area contributed by atoms with Crippen molar-refractivity contribution in [3.63, 3.8) is 0 Å². The van der Waals surface area contributed by atoms with Gasteiger partial charge in [-0.2, -0.15) is 0 Å². The molecule has 5 rings (SSSR count). The van der Waals surface area contributed by atoms with E-state index in [4.69, 9.17) is 0 Å². The first-order valence-corrected chi connectivity index (χ1v) is 10.6. The molecule has 10 heteroatoms. The van der Waals surface area contributed by atoms with Gasteiger partial charge in [-0.25, -0.2) is 15.0 Å². The van der Waals surface area contributed by atoms with Gasteiger partial charge in [-0.15, -0.1) is 0 Å². The largest absolute Gasteiger partial charge is 0.353 e. The highest BCUT2D eigenvalue weighted by molar-refractivity contribution is 7.22.